The molecule has 0 saturated heterocycles. The summed E-state index contributed by atoms with van der Waals surface area (Å²) in [5.74, 6) is -2.18. The van der Waals surface area contributed by atoms with Gasteiger partial charge in [0, 0.05) is 10.4 Å². The number of carbonyl (C=O) groups excluding carboxylic acids is 2. The lowest BCUT2D eigenvalue weighted by Gasteiger charge is -2.56. The smallest absolute Gasteiger partial charge is 0.394 e. The van der Waals surface area contributed by atoms with Gasteiger partial charge in [-0.15, -0.1) is 11.3 Å². The van der Waals surface area contributed by atoms with E-state index in [-0.39, 0.29) is 28.7 Å². The van der Waals surface area contributed by atoms with Gasteiger partial charge in [0.05, 0.1) is 12.1 Å². The van der Waals surface area contributed by atoms with Crippen LogP contribution in [0.4, 0.5) is 9.80 Å². The van der Waals surface area contributed by atoms with Crippen LogP contribution in [0.1, 0.15) is 53.8 Å². The molecule has 1 aromatic heterocycles. The van der Waals surface area contributed by atoms with E-state index in [4.69, 9.17) is 5.11 Å². The molecule has 0 radical (unpaired) electrons. The van der Waals surface area contributed by atoms with E-state index in [1.165, 1.54) is 25.3 Å². The van der Waals surface area contributed by atoms with Crippen molar-refractivity contribution in [1.82, 2.24) is 10.6 Å². The third-order valence-electron chi connectivity index (χ3n) is 6.27. The molecular weight excluding hydrogens is 398 g/mol. The topological polar surface area (TPSA) is 145 Å². The first kappa shape index (κ1) is 19.7. The van der Waals surface area contributed by atoms with Crippen LogP contribution in [0, 0.1) is 17.8 Å². The zero-order valence-electron chi connectivity index (χ0n) is 15.7. The van der Waals surface area contributed by atoms with E-state index in [9.17, 15) is 24.3 Å². The summed E-state index contributed by atoms with van der Waals surface area (Å²) in [5, 5.41) is 25.9. The fourth-order valence-corrected chi connectivity index (χ4v) is 6.64. The lowest BCUT2D eigenvalue weighted by Crippen LogP contribution is -2.61. The molecule has 5 N–H and O–H groups in total. The van der Waals surface area contributed by atoms with Crippen LogP contribution in [-0.2, 0) is 16.1 Å². The maximum atomic E-state index is 12.5. The number of nitrogens with one attached hydrogen (secondary N) is 3. The van der Waals surface area contributed by atoms with Crippen LogP contribution in [-0.4, -0.2) is 39.6 Å². The van der Waals surface area contributed by atoms with Gasteiger partial charge in [0.1, 0.15) is 5.00 Å². The van der Waals surface area contributed by atoms with Crippen molar-refractivity contribution in [3.8, 4) is 0 Å². The van der Waals surface area contributed by atoms with Crippen molar-refractivity contribution in [2.45, 2.75) is 50.6 Å². The fourth-order valence-electron chi connectivity index (χ4n) is 5.65. The van der Waals surface area contributed by atoms with Crippen molar-refractivity contribution in [2.75, 3.05) is 5.32 Å². The van der Waals surface area contributed by atoms with Crippen molar-refractivity contribution in [3.63, 3.8) is 0 Å². The number of amides is 3. The lowest BCUT2D eigenvalue weighted by atomic mass is 9.53. The third-order valence-corrected chi connectivity index (χ3v) is 7.33. The number of carboxylic acids is 2. The van der Waals surface area contributed by atoms with Gasteiger partial charge in [0.25, 0.3) is 0 Å². The van der Waals surface area contributed by atoms with E-state index >= 15 is 0 Å². The summed E-state index contributed by atoms with van der Waals surface area (Å²) in [5.41, 5.74) is -0.330. The van der Waals surface area contributed by atoms with Gasteiger partial charge in [-0.25, -0.2) is 14.4 Å². The number of hydrogen-bond donors (Lipinski definition) is 5. The number of anilines is 1. The molecule has 4 aliphatic rings. The molecule has 0 atom stereocenters. The molecule has 4 aliphatic carbocycles. The van der Waals surface area contributed by atoms with Gasteiger partial charge in [0.15, 0.2) is 0 Å². The minimum atomic E-state index is -1.70. The number of thiophene rings is 1. The Hall–Kier alpha value is -2.62. The van der Waals surface area contributed by atoms with Crippen LogP contribution in [0.2, 0.25) is 0 Å². The molecule has 1 aromatic rings. The van der Waals surface area contributed by atoms with Gasteiger partial charge in [-0.2, -0.15) is 0 Å². The van der Waals surface area contributed by atoms with Crippen LogP contribution in [0.25, 0.3) is 0 Å². The number of carbonyl (C=O) groups is 4. The molecule has 0 aromatic carbocycles. The van der Waals surface area contributed by atoms with Gasteiger partial charge in [-0.3, -0.25) is 4.79 Å². The molecule has 10 heteroatoms. The monoisotopic (exact) mass is 421 g/mol. The molecule has 156 valence electrons. The number of aliphatic carboxylic acids is 1. The van der Waals surface area contributed by atoms with Crippen molar-refractivity contribution in [3.05, 3.63) is 16.5 Å². The molecule has 0 spiro atoms. The van der Waals surface area contributed by atoms with Gasteiger partial charge < -0.3 is 26.2 Å². The molecule has 4 saturated carbocycles. The second kappa shape index (κ2) is 7.33. The van der Waals surface area contributed by atoms with E-state index in [0.29, 0.717) is 22.6 Å². The summed E-state index contributed by atoms with van der Waals surface area (Å²) >= 11 is 0.927. The Morgan fingerprint density at radius 2 is 1.62 bits per heavy atom. The van der Waals surface area contributed by atoms with E-state index < -0.39 is 17.8 Å². The van der Waals surface area contributed by atoms with Crippen molar-refractivity contribution < 1.29 is 29.4 Å². The average Bonchev–Trinajstić information content (AvgIpc) is 3.01. The molecule has 1 heterocycles. The van der Waals surface area contributed by atoms with Crippen LogP contribution in [0.5, 0.6) is 0 Å². The Morgan fingerprint density at radius 3 is 2.14 bits per heavy atom. The molecule has 9 nitrogen and oxygen atoms in total. The van der Waals surface area contributed by atoms with E-state index in [1.54, 1.807) is 0 Å². The molecule has 4 fully saturated rings. The second-order valence-electron chi connectivity index (χ2n) is 8.53. The van der Waals surface area contributed by atoms with Crippen LogP contribution in [0.15, 0.2) is 6.07 Å². The first-order chi connectivity index (χ1) is 13.7. The van der Waals surface area contributed by atoms with Gasteiger partial charge in [-0.1, -0.05) is 0 Å². The van der Waals surface area contributed by atoms with E-state index in [0.717, 1.165) is 30.6 Å². The number of rotatable bonds is 5. The number of hydrogen-bond acceptors (Lipinski definition) is 5. The highest BCUT2D eigenvalue weighted by Gasteiger charge is 2.51. The van der Waals surface area contributed by atoms with Crippen molar-refractivity contribution >= 4 is 40.2 Å². The number of aromatic carboxylic acids is 1. The minimum absolute atomic E-state index is 0.0665. The Kier molecular flexibility index (Phi) is 4.97. The molecule has 5 rings (SSSR count). The first-order valence-corrected chi connectivity index (χ1v) is 10.5. The van der Waals surface area contributed by atoms with Crippen molar-refractivity contribution in [1.29, 1.82) is 0 Å². The standard InChI is InChI=1S/C19H23N3O6S/c23-14(17(26)27)21-15-13(16(24)25)4-12(29-15)8-20-18(28)22-19-5-9-1-10(6-19)3-11(2-9)7-19/h4,9-11H,1-3,5-8H2,(H,21,23)(H,24,25)(H,26,27)(H2,20,22,28). The quantitative estimate of drug-likeness (QED) is 0.461. The third kappa shape index (κ3) is 4.07. The molecule has 3 amide bonds. The summed E-state index contributed by atoms with van der Waals surface area (Å²) in [6, 6.07) is 1.04. The highest BCUT2D eigenvalue weighted by molar-refractivity contribution is 7.16. The van der Waals surface area contributed by atoms with Gasteiger partial charge in [0.2, 0.25) is 0 Å². The van der Waals surface area contributed by atoms with Crippen LogP contribution >= 0.6 is 11.3 Å². The summed E-state index contributed by atoms with van der Waals surface area (Å²) < 4.78 is 0. The molecular formula is C19H23N3O6S. The minimum Gasteiger partial charge on any atom is -0.478 e. The Balaban J connectivity index is 1.37. The Labute approximate surface area is 170 Å². The predicted molar refractivity (Wildman–Crippen MR) is 104 cm³/mol. The maximum Gasteiger partial charge on any atom is 0.394 e. The summed E-state index contributed by atoms with van der Waals surface area (Å²) in [4.78, 5) is 46.4. The average molecular weight is 421 g/mol. The van der Waals surface area contributed by atoms with Gasteiger partial charge in [-0.05, 0) is 62.3 Å². The highest BCUT2D eigenvalue weighted by atomic mass is 32.1. The SMILES string of the molecule is O=C(NCc1cc(C(=O)O)c(NC(=O)C(=O)O)s1)NC12CC3CC(CC(C3)C1)C2. The zero-order valence-corrected chi connectivity index (χ0v) is 16.5. The molecule has 4 bridgehead atoms. The van der Waals surface area contributed by atoms with E-state index in [1.807, 2.05) is 0 Å². The summed E-state index contributed by atoms with van der Waals surface area (Å²) in [7, 11) is 0. The fraction of sp³-hybridized carbons (Fsp3) is 0.579. The highest BCUT2D eigenvalue weighted by Crippen LogP contribution is 2.55. The predicted octanol–water partition coefficient (Wildman–Crippen LogP) is 2.24. The zero-order chi connectivity index (χ0) is 20.8. The van der Waals surface area contributed by atoms with E-state index in [2.05, 4.69) is 16.0 Å². The summed E-state index contributed by atoms with van der Waals surface area (Å²) in [6.07, 6.45) is 6.92. The molecule has 0 unspecified atom stereocenters. The molecule has 29 heavy (non-hydrogen) atoms. The normalized spacial score (nSPS) is 29.3. The van der Waals surface area contributed by atoms with Crippen LogP contribution < -0.4 is 16.0 Å². The maximum absolute atomic E-state index is 12.5. The Bertz CT molecular complexity index is 844. The lowest BCUT2D eigenvalue weighted by molar-refractivity contribution is -0.147. The largest absolute Gasteiger partial charge is 0.478 e. The number of urea groups is 1. The number of carboxylic acid groups (broad SMARTS) is 2. The Morgan fingerprint density at radius 1 is 1.03 bits per heavy atom. The van der Waals surface area contributed by atoms with Crippen molar-refractivity contribution in [2.24, 2.45) is 17.8 Å². The first-order valence-electron chi connectivity index (χ1n) is 9.69. The molecule has 0 aliphatic heterocycles. The van der Waals surface area contributed by atoms with Gasteiger partial charge >= 0.3 is 23.9 Å². The summed E-state index contributed by atoms with van der Waals surface area (Å²) in [6.45, 7) is 0.0894. The second-order valence-corrected chi connectivity index (χ2v) is 9.66. The van der Waals surface area contributed by atoms with Crippen LogP contribution in [0.3, 0.4) is 0 Å².